The maximum absolute atomic E-state index is 14.0. The number of Topliss-reactive ketones (excluding diaryl/α,β-unsaturated/α-hetero) is 1. The zero-order valence-electron chi connectivity index (χ0n) is 19.6. The molecule has 7 heteroatoms. The molecule has 0 radical (unpaired) electrons. The lowest BCUT2D eigenvalue weighted by molar-refractivity contribution is 0.0943. The van der Waals surface area contributed by atoms with E-state index in [1.807, 2.05) is 62.5 Å². The molecule has 1 aromatic heterocycles. The van der Waals surface area contributed by atoms with E-state index in [0.29, 0.717) is 36.0 Å². The summed E-state index contributed by atoms with van der Waals surface area (Å²) in [6, 6.07) is 17.4. The Bertz CT molecular complexity index is 1140. The standard InChI is InChI=1S/C27H30Cl2FN3O/c1-19-22(17-25(31(19)2)20-7-4-3-5-8-20)26(34)12-11-21(18-30)32-13-15-33(16-14-32)24-10-6-9-23(28)27(24)29/h3-10,17,21H,11-16,18H2,1-2H3. The van der Waals surface area contributed by atoms with Gasteiger partial charge in [-0.05, 0) is 37.1 Å². The minimum Gasteiger partial charge on any atom is -0.368 e. The average molecular weight is 502 g/mol. The summed E-state index contributed by atoms with van der Waals surface area (Å²) in [5.41, 5.74) is 4.66. The summed E-state index contributed by atoms with van der Waals surface area (Å²) in [5, 5.41) is 1.09. The van der Waals surface area contributed by atoms with Crippen LogP contribution in [0.2, 0.25) is 10.0 Å². The monoisotopic (exact) mass is 501 g/mol. The minimum atomic E-state index is -0.464. The molecule has 2 aromatic carbocycles. The van der Waals surface area contributed by atoms with Gasteiger partial charge in [0.1, 0.15) is 6.67 Å². The number of aromatic nitrogens is 1. The summed E-state index contributed by atoms with van der Waals surface area (Å²) in [5.74, 6) is 0.0677. The second-order valence-electron chi connectivity index (χ2n) is 8.82. The lowest BCUT2D eigenvalue weighted by atomic mass is 10.0. The Morgan fingerprint density at radius 3 is 2.41 bits per heavy atom. The highest BCUT2D eigenvalue weighted by Crippen LogP contribution is 2.33. The van der Waals surface area contributed by atoms with Crippen LogP contribution in [0.15, 0.2) is 54.6 Å². The second-order valence-corrected chi connectivity index (χ2v) is 9.60. The van der Waals surface area contributed by atoms with Crippen molar-refractivity contribution >= 4 is 34.7 Å². The van der Waals surface area contributed by atoms with Gasteiger partial charge in [0, 0.05) is 62.6 Å². The van der Waals surface area contributed by atoms with E-state index >= 15 is 0 Å². The smallest absolute Gasteiger partial charge is 0.164 e. The normalized spacial score (nSPS) is 15.5. The molecule has 4 nitrogen and oxygen atoms in total. The molecule has 1 unspecified atom stereocenters. The third-order valence-corrected chi connectivity index (χ3v) is 7.70. The molecular formula is C27H30Cl2FN3O. The van der Waals surface area contributed by atoms with Crippen LogP contribution in [0.1, 0.15) is 28.9 Å². The maximum Gasteiger partial charge on any atom is 0.164 e. The zero-order chi connectivity index (χ0) is 24.2. The topological polar surface area (TPSA) is 28.5 Å². The maximum atomic E-state index is 14.0. The molecular weight excluding hydrogens is 472 g/mol. The number of piperazine rings is 1. The summed E-state index contributed by atoms with van der Waals surface area (Å²) in [6.07, 6.45) is 0.830. The Labute approximate surface area is 210 Å². The van der Waals surface area contributed by atoms with Gasteiger partial charge in [0.15, 0.2) is 5.78 Å². The molecule has 0 saturated carbocycles. The van der Waals surface area contributed by atoms with Gasteiger partial charge in [-0.1, -0.05) is 59.6 Å². The number of nitrogens with zero attached hydrogens (tertiary/aromatic N) is 3. The number of alkyl halides is 1. The van der Waals surface area contributed by atoms with Crippen LogP contribution < -0.4 is 4.90 Å². The number of ketones is 1. The van der Waals surface area contributed by atoms with Crippen molar-refractivity contribution in [3.63, 3.8) is 0 Å². The number of halogens is 3. The first-order chi connectivity index (χ1) is 16.4. The van der Waals surface area contributed by atoms with Crippen LogP contribution in [0.3, 0.4) is 0 Å². The van der Waals surface area contributed by atoms with Crippen molar-refractivity contribution in [1.29, 1.82) is 0 Å². The SMILES string of the molecule is Cc1c(C(=O)CCC(CF)N2CCN(c3cccc(Cl)c3Cl)CC2)cc(-c2ccccc2)n1C. The van der Waals surface area contributed by atoms with E-state index in [-0.39, 0.29) is 11.8 Å². The molecule has 0 amide bonds. The van der Waals surface area contributed by atoms with Crippen molar-refractivity contribution in [3.8, 4) is 11.3 Å². The van der Waals surface area contributed by atoms with Gasteiger partial charge in [0.2, 0.25) is 0 Å². The predicted molar refractivity (Wildman–Crippen MR) is 139 cm³/mol. The number of rotatable bonds is 8. The molecule has 1 atom stereocenters. The number of anilines is 1. The fourth-order valence-electron chi connectivity index (χ4n) is 4.72. The quantitative estimate of drug-likeness (QED) is 0.333. The first-order valence-electron chi connectivity index (χ1n) is 11.6. The highest BCUT2D eigenvalue weighted by molar-refractivity contribution is 6.43. The van der Waals surface area contributed by atoms with Gasteiger partial charge in [0.25, 0.3) is 0 Å². The molecule has 180 valence electrons. The van der Waals surface area contributed by atoms with Crippen molar-refractivity contribution in [2.75, 3.05) is 37.8 Å². The number of hydrogen-bond donors (Lipinski definition) is 0. The Balaban J connectivity index is 1.37. The van der Waals surface area contributed by atoms with Crippen LogP contribution in [0.4, 0.5) is 10.1 Å². The molecule has 34 heavy (non-hydrogen) atoms. The summed E-state index contributed by atoms with van der Waals surface area (Å²) in [6.45, 7) is 4.41. The zero-order valence-corrected chi connectivity index (χ0v) is 21.1. The van der Waals surface area contributed by atoms with Crippen molar-refractivity contribution in [3.05, 3.63) is 75.9 Å². The third kappa shape index (κ3) is 5.17. The molecule has 1 aliphatic heterocycles. The lowest BCUT2D eigenvalue weighted by Gasteiger charge is -2.39. The van der Waals surface area contributed by atoms with Gasteiger partial charge >= 0.3 is 0 Å². The number of benzene rings is 2. The lowest BCUT2D eigenvalue weighted by Crippen LogP contribution is -2.51. The molecule has 0 bridgehead atoms. The molecule has 1 aliphatic rings. The molecule has 4 rings (SSSR count). The Morgan fingerprint density at radius 2 is 1.74 bits per heavy atom. The van der Waals surface area contributed by atoms with Gasteiger partial charge in [-0.25, -0.2) is 4.39 Å². The molecule has 1 fully saturated rings. The Hall–Kier alpha value is -2.34. The van der Waals surface area contributed by atoms with Crippen LogP contribution >= 0.6 is 23.2 Å². The van der Waals surface area contributed by atoms with Crippen LogP contribution in [0.5, 0.6) is 0 Å². The highest BCUT2D eigenvalue weighted by atomic mass is 35.5. The fourth-order valence-corrected chi connectivity index (χ4v) is 5.14. The first kappa shape index (κ1) is 24.8. The van der Waals surface area contributed by atoms with E-state index in [1.165, 1.54) is 0 Å². The third-order valence-electron chi connectivity index (χ3n) is 6.89. The van der Waals surface area contributed by atoms with E-state index in [4.69, 9.17) is 23.2 Å². The Morgan fingerprint density at radius 1 is 1.03 bits per heavy atom. The largest absolute Gasteiger partial charge is 0.368 e. The molecule has 0 aliphatic carbocycles. The minimum absolute atomic E-state index is 0.0677. The van der Waals surface area contributed by atoms with E-state index in [0.717, 1.165) is 41.3 Å². The van der Waals surface area contributed by atoms with Crippen LogP contribution in [-0.2, 0) is 7.05 Å². The number of carbonyl (C=O) groups is 1. The fraction of sp³-hybridized carbons (Fsp3) is 0.370. The summed E-state index contributed by atoms with van der Waals surface area (Å²) in [4.78, 5) is 17.4. The van der Waals surface area contributed by atoms with Gasteiger partial charge in [-0.2, -0.15) is 0 Å². The van der Waals surface area contributed by atoms with E-state index in [9.17, 15) is 9.18 Å². The van der Waals surface area contributed by atoms with Gasteiger partial charge in [0.05, 0.1) is 15.7 Å². The number of hydrogen-bond acceptors (Lipinski definition) is 3. The summed E-state index contributed by atoms with van der Waals surface area (Å²) >= 11 is 12.5. The molecule has 0 spiro atoms. The van der Waals surface area contributed by atoms with Crippen LogP contribution in [0.25, 0.3) is 11.3 Å². The van der Waals surface area contributed by atoms with E-state index < -0.39 is 6.67 Å². The van der Waals surface area contributed by atoms with E-state index in [2.05, 4.69) is 14.4 Å². The van der Waals surface area contributed by atoms with Crippen molar-refractivity contribution in [2.24, 2.45) is 7.05 Å². The first-order valence-corrected chi connectivity index (χ1v) is 12.4. The molecule has 1 saturated heterocycles. The Kier molecular flexibility index (Phi) is 7.97. The molecule has 3 aromatic rings. The summed E-state index contributed by atoms with van der Waals surface area (Å²) < 4.78 is 16.0. The van der Waals surface area contributed by atoms with Gasteiger partial charge < -0.3 is 9.47 Å². The van der Waals surface area contributed by atoms with Crippen LogP contribution in [0, 0.1) is 6.92 Å². The van der Waals surface area contributed by atoms with Crippen molar-refractivity contribution < 1.29 is 9.18 Å². The molecule has 0 N–H and O–H groups in total. The van der Waals surface area contributed by atoms with Gasteiger partial charge in [-0.15, -0.1) is 0 Å². The summed E-state index contributed by atoms with van der Waals surface area (Å²) in [7, 11) is 1.98. The van der Waals surface area contributed by atoms with Crippen molar-refractivity contribution in [1.82, 2.24) is 9.47 Å². The molecule has 2 heterocycles. The van der Waals surface area contributed by atoms with Crippen LogP contribution in [-0.4, -0.2) is 54.1 Å². The van der Waals surface area contributed by atoms with Gasteiger partial charge in [-0.3, -0.25) is 9.69 Å². The average Bonchev–Trinajstić information content (AvgIpc) is 3.16. The highest BCUT2D eigenvalue weighted by Gasteiger charge is 2.26. The number of carbonyl (C=O) groups excluding carboxylic acids is 1. The second kappa shape index (κ2) is 10.9. The van der Waals surface area contributed by atoms with Crippen molar-refractivity contribution in [2.45, 2.75) is 25.8 Å². The van der Waals surface area contributed by atoms with E-state index in [1.54, 1.807) is 6.07 Å². The predicted octanol–water partition coefficient (Wildman–Crippen LogP) is 6.43.